The summed E-state index contributed by atoms with van der Waals surface area (Å²) in [6.45, 7) is 10.2. The van der Waals surface area contributed by atoms with E-state index >= 15 is 28.8 Å². The fraction of sp³-hybridized carbons (Fsp3) is 0.448. The maximum atomic E-state index is 15.6. The monoisotopic (exact) mass is 1630 g/mol. The molecule has 30 heteroatoms. The number of halogens is 1. The number of amides is 12. The van der Waals surface area contributed by atoms with Gasteiger partial charge in [0.05, 0.1) is 24.6 Å². The predicted molar refractivity (Wildman–Crippen MR) is 440 cm³/mol. The molecule has 12 amide bonds. The van der Waals surface area contributed by atoms with E-state index < -0.39 is 174 Å². The van der Waals surface area contributed by atoms with Crippen LogP contribution in [-0.4, -0.2) is 165 Å². The van der Waals surface area contributed by atoms with Crippen LogP contribution in [0.3, 0.4) is 0 Å². The number of aliphatic hydroxyl groups excluding tert-OH is 1. The Morgan fingerprint density at radius 1 is 0.547 bits per heavy atom. The highest BCUT2D eigenvalue weighted by Gasteiger charge is 2.41. The minimum Gasteiger partial charge on any atom is -0.394 e. The summed E-state index contributed by atoms with van der Waals surface area (Å²) in [5.41, 5.74) is 14.1. The Labute approximate surface area is 685 Å². The van der Waals surface area contributed by atoms with Gasteiger partial charge in [0.2, 0.25) is 59.1 Å². The first-order chi connectivity index (χ1) is 55.8. The summed E-state index contributed by atoms with van der Waals surface area (Å²) in [5, 5.41) is 38.2. The number of rotatable bonds is 45. The van der Waals surface area contributed by atoms with Crippen molar-refractivity contribution in [3.63, 3.8) is 0 Å². The number of unbranched alkanes of at least 4 members (excludes halogenated alkanes) is 1. The lowest BCUT2D eigenvalue weighted by Crippen LogP contribution is -2.56. The van der Waals surface area contributed by atoms with Gasteiger partial charge in [-0.1, -0.05) is 124 Å². The Hall–Kier alpha value is -11.4. The second-order valence-corrected chi connectivity index (χ2v) is 31.8. The predicted octanol–water partition coefficient (Wildman–Crippen LogP) is 6.33. The maximum absolute atomic E-state index is 15.6. The highest BCUT2D eigenvalue weighted by atomic mass is 35.5. The number of hydrogen-bond acceptors (Lipinski definition) is 18. The standard InChI is InChI=1S/C87H108ClN13O16/c1-50(2)35-61(81(111)96-69(16-9-10-33-92-51(3)4)86(116)101-34-12-17-73(101)85(115)93-53(6)79(89)109)43-74(104)71(42-56-23-30-68(31-24-56)95-87(90)117)98-83(113)63(37-54-21-28-67(29-22-54)94-80(110)65-46-77(107)100-78(108)47-65)45-76(106)72(49-102)99-84(114)64(40-58-13-11-32-91-48-58)44-75(105)70(41-55-19-26-66(88)27-20-55)97-82(112)62(36-52(5)103)39-57-18-25-59-14-7-8-15-60(59)38-57/h7-8,11,13-15,18-32,38,48,50-51,53,61-65,69-73,92,102H,9-10,12,16-17,33-37,39-47,49H2,1-6H3,(H2,89,109)(H,93,115)(H,94,110)(H,96,111)(H,97,112)(H,98,113)(H,99,114)(H3,90,95,117)(H,100,107,108)/t53-,61+,62+,63+,64-,69-,70+,71+,72-,73-/m0/s1. The molecule has 0 unspecified atom stereocenters. The van der Waals surface area contributed by atoms with E-state index in [4.69, 9.17) is 23.1 Å². The Bertz CT molecular complexity index is 4510. The number of pyridine rings is 1. The zero-order valence-corrected chi connectivity index (χ0v) is 67.7. The molecule has 3 heterocycles. The van der Waals surface area contributed by atoms with E-state index in [0.29, 0.717) is 58.8 Å². The third kappa shape index (κ3) is 29.1. The second kappa shape index (κ2) is 44.6. The number of likely N-dealkylation sites (tertiary alicyclic amines) is 1. The number of nitrogens with two attached hydrogens (primary N) is 2. The third-order valence-corrected chi connectivity index (χ3v) is 21.1. The summed E-state index contributed by atoms with van der Waals surface area (Å²) in [6, 6.07) is 27.2. The van der Waals surface area contributed by atoms with Crippen molar-refractivity contribution in [2.45, 2.75) is 193 Å². The average Bonchev–Trinajstić information content (AvgIpc) is 1.81. The molecule has 0 radical (unpaired) electrons. The average molecular weight is 1630 g/mol. The van der Waals surface area contributed by atoms with Crippen LogP contribution in [0.4, 0.5) is 16.2 Å². The van der Waals surface area contributed by atoms with Gasteiger partial charge < -0.3 is 68.8 Å². The zero-order valence-electron chi connectivity index (χ0n) is 66.9. The lowest BCUT2D eigenvalue weighted by molar-refractivity contribution is -0.143. The van der Waals surface area contributed by atoms with E-state index in [0.717, 1.165) is 16.3 Å². The van der Waals surface area contributed by atoms with Gasteiger partial charge in [0.25, 0.3) is 0 Å². The molecular weight excluding hydrogens is 1520 g/mol. The molecule has 624 valence electrons. The normalized spacial score (nSPS) is 15.9. The molecule has 2 fully saturated rings. The van der Waals surface area contributed by atoms with E-state index in [1.165, 1.54) is 55.4 Å². The Kier molecular flexibility index (Phi) is 34.7. The smallest absolute Gasteiger partial charge is 0.316 e. The van der Waals surface area contributed by atoms with Crippen LogP contribution in [0.1, 0.15) is 146 Å². The first-order valence-electron chi connectivity index (χ1n) is 39.8. The minimum absolute atomic E-state index is 0.0700. The lowest BCUT2D eigenvalue weighted by atomic mass is 9.87. The van der Waals surface area contributed by atoms with Crippen molar-refractivity contribution in [1.29, 1.82) is 0 Å². The Morgan fingerprint density at radius 3 is 1.60 bits per heavy atom. The number of nitrogens with zero attached hydrogens (tertiary/aromatic N) is 2. The molecule has 117 heavy (non-hydrogen) atoms. The van der Waals surface area contributed by atoms with Gasteiger partial charge in [-0.3, -0.25) is 72.6 Å². The molecule has 5 aromatic carbocycles. The summed E-state index contributed by atoms with van der Waals surface area (Å²) in [6.07, 6.45) is 2.05. The molecule has 1 aromatic heterocycles. The molecule has 8 rings (SSSR count). The molecule has 0 saturated carbocycles. The summed E-state index contributed by atoms with van der Waals surface area (Å²) >= 11 is 6.30. The second-order valence-electron chi connectivity index (χ2n) is 31.3. The van der Waals surface area contributed by atoms with Gasteiger partial charge in [-0.05, 0) is 178 Å². The minimum atomic E-state index is -1.75. The number of piperidine rings is 1. The molecule has 2 aliphatic heterocycles. The SMILES string of the molecule is CC(=O)C[C@H](Cc1ccc2ccccc2c1)C(=O)N[C@H](Cc1ccc(Cl)cc1)C(=O)C[C@H](Cc1cccnc1)C(=O)N[C@@H](CO)C(=O)C[C@@H](Cc1ccc(NC(=O)C2CC(=O)NC(=O)C2)cc1)C(=O)N[C@H](Cc1ccc(NC(N)=O)cc1)C(=O)C[C@@H](CC(C)C)C(=O)N[C@@H](CCCCNC(C)C)C(=O)N1CCC[C@H]1C(=O)N[C@@H](C)C(N)=O. The molecule has 0 aliphatic carbocycles. The van der Waals surface area contributed by atoms with Crippen molar-refractivity contribution >= 4 is 122 Å². The van der Waals surface area contributed by atoms with Crippen molar-refractivity contribution < 1.29 is 77.0 Å². The van der Waals surface area contributed by atoms with Crippen molar-refractivity contribution in [2.75, 3.05) is 30.3 Å². The van der Waals surface area contributed by atoms with Crippen molar-refractivity contribution in [1.82, 2.24) is 47.1 Å². The molecule has 29 nitrogen and oxygen atoms in total. The number of ketones is 4. The van der Waals surface area contributed by atoms with E-state index in [-0.39, 0.29) is 101 Å². The number of benzene rings is 5. The van der Waals surface area contributed by atoms with Gasteiger partial charge in [0.1, 0.15) is 30.0 Å². The fourth-order valence-electron chi connectivity index (χ4n) is 14.6. The first-order valence-corrected chi connectivity index (χ1v) is 40.2. The molecule has 14 N–H and O–H groups in total. The van der Waals surface area contributed by atoms with E-state index in [1.54, 1.807) is 60.7 Å². The van der Waals surface area contributed by atoms with Crippen LogP contribution >= 0.6 is 11.6 Å². The number of primary amides is 2. The molecule has 6 aromatic rings. The zero-order chi connectivity index (χ0) is 85.0. The van der Waals surface area contributed by atoms with Gasteiger partial charge in [0.15, 0.2) is 17.3 Å². The van der Waals surface area contributed by atoms with Crippen molar-refractivity contribution in [3.05, 3.63) is 173 Å². The molecule has 0 bridgehead atoms. The van der Waals surface area contributed by atoms with Gasteiger partial charge in [-0.25, -0.2) is 4.79 Å². The van der Waals surface area contributed by atoms with Crippen LogP contribution in [0.5, 0.6) is 0 Å². The number of carbonyl (C=O) groups is 15. The van der Waals surface area contributed by atoms with Crippen LogP contribution in [-0.2, 0) is 99.2 Å². The highest BCUT2D eigenvalue weighted by molar-refractivity contribution is 6.30. The molecular formula is C87H108ClN13O16. The fourth-order valence-corrected chi connectivity index (χ4v) is 14.8. The van der Waals surface area contributed by atoms with Crippen molar-refractivity contribution in [3.8, 4) is 0 Å². The number of carbonyl (C=O) groups excluding carboxylic acids is 15. The summed E-state index contributed by atoms with van der Waals surface area (Å²) in [4.78, 5) is 215. The summed E-state index contributed by atoms with van der Waals surface area (Å²) < 4.78 is 0. The van der Waals surface area contributed by atoms with Gasteiger partial charge >= 0.3 is 6.03 Å². The van der Waals surface area contributed by atoms with Gasteiger partial charge in [-0.15, -0.1) is 0 Å². The van der Waals surface area contributed by atoms with E-state index in [1.807, 2.05) is 70.2 Å². The first kappa shape index (κ1) is 91.1. The largest absolute Gasteiger partial charge is 0.394 e. The number of nitrogens with one attached hydrogen (secondary N) is 9. The number of aromatic nitrogens is 1. The van der Waals surface area contributed by atoms with E-state index in [9.17, 15) is 48.3 Å². The molecule has 2 aliphatic rings. The lowest BCUT2D eigenvalue weighted by Gasteiger charge is -2.30. The number of fused-ring (bicyclic) bond motifs is 1. The number of hydrogen-bond donors (Lipinski definition) is 12. The molecule has 2 saturated heterocycles. The number of aliphatic hydroxyl groups is 1. The molecule has 0 spiro atoms. The summed E-state index contributed by atoms with van der Waals surface area (Å²) in [7, 11) is 0. The third-order valence-electron chi connectivity index (χ3n) is 20.9. The highest BCUT2D eigenvalue weighted by Crippen LogP contribution is 2.28. The van der Waals surface area contributed by atoms with Crippen LogP contribution in [0, 0.1) is 35.5 Å². The number of urea groups is 1. The van der Waals surface area contributed by atoms with Crippen LogP contribution in [0.15, 0.2) is 140 Å². The topological polar surface area (TPSA) is 453 Å². The van der Waals surface area contributed by atoms with Crippen LogP contribution in [0.25, 0.3) is 10.8 Å². The number of Topliss-reactive ketones (excluding diaryl/α,β-unsaturated/α-hetero) is 4. The number of anilines is 2. The molecule has 10 atom stereocenters. The Balaban J connectivity index is 1.10. The summed E-state index contributed by atoms with van der Waals surface area (Å²) in [5.74, 6) is -15.2. The van der Waals surface area contributed by atoms with Crippen molar-refractivity contribution in [2.24, 2.45) is 47.0 Å². The quantitative estimate of drug-likeness (QED) is 0.0147. The van der Waals surface area contributed by atoms with Gasteiger partial charge in [0, 0.05) is 104 Å². The number of imide groups is 1. The van der Waals surface area contributed by atoms with E-state index in [2.05, 4.69) is 52.8 Å². The van der Waals surface area contributed by atoms with Crippen LogP contribution in [0.2, 0.25) is 5.02 Å². The van der Waals surface area contributed by atoms with Crippen LogP contribution < -0.4 is 59.3 Å². The Morgan fingerprint density at radius 2 is 1.05 bits per heavy atom. The maximum Gasteiger partial charge on any atom is 0.316 e. The van der Waals surface area contributed by atoms with Gasteiger partial charge in [-0.2, -0.15) is 0 Å².